The fourth-order valence-electron chi connectivity index (χ4n) is 4.46. The van der Waals surface area contributed by atoms with E-state index in [2.05, 4.69) is 4.98 Å². The predicted molar refractivity (Wildman–Crippen MR) is 119 cm³/mol. The van der Waals surface area contributed by atoms with Gasteiger partial charge in [0.2, 0.25) is 0 Å². The van der Waals surface area contributed by atoms with E-state index in [4.69, 9.17) is 4.98 Å². The molecule has 0 saturated carbocycles. The number of hydrogen-bond acceptors (Lipinski definition) is 4. The summed E-state index contributed by atoms with van der Waals surface area (Å²) in [5.74, 6) is 1.38. The van der Waals surface area contributed by atoms with Gasteiger partial charge in [-0.15, -0.1) is 11.8 Å². The third-order valence-electron chi connectivity index (χ3n) is 5.91. The Morgan fingerprint density at radius 3 is 2.77 bits per heavy atom. The first kappa shape index (κ1) is 17.5. The zero-order valence-electron chi connectivity index (χ0n) is 16.0. The Morgan fingerprint density at radius 2 is 1.87 bits per heavy atom. The lowest BCUT2D eigenvalue weighted by atomic mass is 10.0. The lowest BCUT2D eigenvalue weighted by Crippen LogP contribution is -2.48. The van der Waals surface area contributed by atoms with Crippen molar-refractivity contribution < 1.29 is 4.79 Å². The number of fused-ring (bicyclic) bond motifs is 5. The molecule has 1 atom stereocenters. The van der Waals surface area contributed by atoms with E-state index in [1.807, 2.05) is 54.1 Å². The Bertz CT molecular complexity index is 1420. The van der Waals surface area contributed by atoms with Crippen LogP contribution in [0.2, 0.25) is 0 Å². The minimum Gasteiger partial charge on any atom is -0.361 e. The normalized spacial score (nSPS) is 18.4. The molecule has 1 unspecified atom stereocenters. The Hall–Kier alpha value is -3.32. The molecule has 4 heterocycles. The standard InChI is InChI=1S/C23H18N4O2S/c28-22-16-6-2-4-8-18(16)25-21-20-13-30-10-9-26(20)23(29)19(27(21)22)11-14-12-24-17-7-3-1-5-15(14)17/h1-8,12-13,19,24H,9-11H2. The molecule has 0 fully saturated rings. The molecule has 2 aliphatic heterocycles. The number of aromatic amines is 1. The molecule has 0 saturated heterocycles. The molecule has 0 aliphatic carbocycles. The first-order valence-corrected chi connectivity index (χ1v) is 11.0. The molecular formula is C23H18N4O2S. The highest BCUT2D eigenvalue weighted by atomic mass is 32.2. The van der Waals surface area contributed by atoms with Crippen molar-refractivity contribution in [1.82, 2.24) is 19.4 Å². The lowest BCUT2D eigenvalue weighted by Gasteiger charge is -2.38. The smallest absolute Gasteiger partial charge is 0.262 e. The van der Waals surface area contributed by atoms with Crippen LogP contribution in [0.5, 0.6) is 0 Å². The van der Waals surface area contributed by atoms with E-state index in [-0.39, 0.29) is 11.5 Å². The van der Waals surface area contributed by atoms with E-state index in [1.165, 1.54) is 0 Å². The Labute approximate surface area is 176 Å². The van der Waals surface area contributed by atoms with Gasteiger partial charge < -0.3 is 9.88 Å². The summed E-state index contributed by atoms with van der Waals surface area (Å²) in [7, 11) is 0. The van der Waals surface area contributed by atoms with Crippen LogP contribution in [0, 0.1) is 0 Å². The van der Waals surface area contributed by atoms with Crippen molar-refractivity contribution >= 4 is 45.2 Å². The van der Waals surface area contributed by atoms with Crippen LogP contribution in [0.4, 0.5) is 0 Å². The number of benzene rings is 2. The monoisotopic (exact) mass is 414 g/mol. The van der Waals surface area contributed by atoms with Gasteiger partial charge >= 0.3 is 0 Å². The van der Waals surface area contributed by atoms with Gasteiger partial charge in [0.05, 0.1) is 16.6 Å². The quantitative estimate of drug-likeness (QED) is 0.545. The number of hydrogen-bond donors (Lipinski definition) is 1. The molecule has 0 radical (unpaired) electrons. The molecule has 6 nitrogen and oxygen atoms in total. The SMILES string of the molecule is O=C1C(Cc2c[nH]c3ccccc23)n2c(nc3ccccc3c2=O)C2=CSCCN12. The van der Waals surface area contributed by atoms with Gasteiger partial charge in [-0.1, -0.05) is 30.3 Å². The highest BCUT2D eigenvalue weighted by Crippen LogP contribution is 2.36. The van der Waals surface area contributed by atoms with Crippen molar-refractivity contribution in [3.8, 4) is 0 Å². The van der Waals surface area contributed by atoms with Crippen molar-refractivity contribution in [1.29, 1.82) is 0 Å². The summed E-state index contributed by atoms with van der Waals surface area (Å²) < 4.78 is 1.61. The van der Waals surface area contributed by atoms with Crippen LogP contribution in [-0.2, 0) is 11.2 Å². The van der Waals surface area contributed by atoms with Crippen molar-refractivity contribution in [2.75, 3.05) is 12.3 Å². The fourth-order valence-corrected chi connectivity index (χ4v) is 5.26. The van der Waals surface area contributed by atoms with Crippen molar-refractivity contribution in [2.45, 2.75) is 12.5 Å². The van der Waals surface area contributed by atoms with E-state index in [1.54, 1.807) is 27.3 Å². The molecule has 7 heteroatoms. The van der Waals surface area contributed by atoms with Gasteiger partial charge in [-0.2, -0.15) is 0 Å². The molecule has 0 bridgehead atoms. The van der Waals surface area contributed by atoms with E-state index >= 15 is 0 Å². The summed E-state index contributed by atoms with van der Waals surface area (Å²) in [6.07, 6.45) is 2.38. The Morgan fingerprint density at radius 1 is 1.07 bits per heavy atom. The number of H-pyrrole nitrogens is 1. The molecule has 6 rings (SSSR count). The molecule has 2 aliphatic rings. The van der Waals surface area contributed by atoms with Gasteiger partial charge in [0.15, 0.2) is 5.82 Å². The van der Waals surface area contributed by atoms with E-state index in [9.17, 15) is 9.59 Å². The number of nitrogens with one attached hydrogen (secondary N) is 1. The average molecular weight is 414 g/mol. The van der Waals surface area contributed by atoms with Crippen molar-refractivity contribution in [2.24, 2.45) is 0 Å². The molecule has 0 spiro atoms. The predicted octanol–water partition coefficient (Wildman–Crippen LogP) is 3.55. The third-order valence-corrected chi connectivity index (χ3v) is 6.71. The number of aromatic nitrogens is 3. The number of amides is 1. The number of carbonyl (C=O) groups excluding carboxylic acids is 1. The summed E-state index contributed by atoms with van der Waals surface area (Å²) in [5, 5.41) is 3.57. The van der Waals surface area contributed by atoms with Gasteiger partial charge in [0, 0.05) is 35.8 Å². The molecule has 2 aromatic carbocycles. The maximum Gasteiger partial charge on any atom is 0.262 e. The van der Waals surface area contributed by atoms with E-state index < -0.39 is 6.04 Å². The number of thioether (sulfide) groups is 1. The number of rotatable bonds is 2. The van der Waals surface area contributed by atoms with Crippen molar-refractivity contribution in [3.05, 3.63) is 81.9 Å². The molecule has 4 aromatic rings. The minimum atomic E-state index is -0.621. The highest BCUT2D eigenvalue weighted by molar-refractivity contribution is 8.02. The number of nitrogens with zero attached hydrogens (tertiary/aromatic N) is 3. The molecule has 2 aromatic heterocycles. The van der Waals surface area contributed by atoms with Gasteiger partial charge in [-0.05, 0) is 29.2 Å². The van der Waals surface area contributed by atoms with Crippen LogP contribution < -0.4 is 5.56 Å². The van der Waals surface area contributed by atoms with E-state index in [0.29, 0.717) is 29.7 Å². The molecule has 30 heavy (non-hydrogen) atoms. The fraction of sp³-hybridized carbons (Fsp3) is 0.174. The Balaban J connectivity index is 1.59. The first-order chi connectivity index (χ1) is 14.7. The highest BCUT2D eigenvalue weighted by Gasteiger charge is 2.39. The van der Waals surface area contributed by atoms with Crippen LogP contribution in [-0.4, -0.2) is 37.6 Å². The number of carbonyl (C=O) groups is 1. The topological polar surface area (TPSA) is 71.0 Å². The van der Waals surface area contributed by atoms with Gasteiger partial charge in [0.1, 0.15) is 6.04 Å². The van der Waals surface area contributed by atoms with Crippen LogP contribution >= 0.6 is 11.8 Å². The lowest BCUT2D eigenvalue weighted by molar-refractivity contribution is -0.132. The summed E-state index contributed by atoms with van der Waals surface area (Å²) in [4.78, 5) is 36.9. The summed E-state index contributed by atoms with van der Waals surface area (Å²) in [6, 6.07) is 14.7. The second-order valence-electron chi connectivity index (χ2n) is 7.57. The maximum atomic E-state index is 13.6. The molecule has 1 amide bonds. The van der Waals surface area contributed by atoms with Gasteiger partial charge in [0.25, 0.3) is 11.5 Å². The second-order valence-corrected chi connectivity index (χ2v) is 8.55. The van der Waals surface area contributed by atoms with Gasteiger partial charge in [-0.3, -0.25) is 14.2 Å². The zero-order chi connectivity index (χ0) is 20.2. The van der Waals surface area contributed by atoms with Crippen molar-refractivity contribution in [3.63, 3.8) is 0 Å². The summed E-state index contributed by atoms with van der Waals surface area (Å²) in [6.45, 7) is 0.627. The van der Waals surface area contributed by atoms with Crippen LogP contribution in [0.15, 0.2) is 64.9 Å². The summed E-state index contributed by atoms with van der Waals surface area (Å²) in [5.41, 5.74) is 3.27. The first-order valence-electron chi connectivity index (χ1n) is 9.92. The largest absolute Gasteiger partial charge is 0.361 e. The third kappa shape index (κ3) is 2.48. The average Bonchev–Trinajstić information content (AvgIpc) is 3.20. The maximum absolute atomic E-state index is 13.6. The van der Waals surface area contributed by atoms with Gasteiger partial charge in [-0.25, -0.2) is 4.98 Å². The molecular weight excluding hydrogens is 396 g/mol. The Kier molecular flexibility index (Phi) is 3.86. The summed E-state index contributed by atoms with van der Waals surface area (Å²) >= 11 is 1.65. The van der Waals surface area contributed by atoms with Crippen LogP contribution in [0.1, 0.15) is 17.4 Å². The van der Waals surface area contributed by atoms with Crippen LogP contribution in [0.3, 0.4) is 0 Å². The van der Waals surface area contributed by atoms with E-state index in [0.717, 1.165) is 27.9 Å². The second kappa shape index (κ2) is 6.60. The molecule has 1 N–H and O–H groups in total. The minimum absolute atomic E-state index is 0.0430. The zero-order valence-corrected chi connectivity index (χ0v) is 16.9. The molecule has 148 valence electrons. The van der Waals surface area contributed by atoms with Crippen LogP contribution in [0.25, 0.3) is 27.5 Å². The number of para-hydroxylation sites is 2.